The number of allylic oxidation sites excluding steroid dienone is 1. The van der Waals surface area contributed by atoms with Gasteiger partial charge >= 0.3 is 0 Å². The van der Waals surface area contributed by atoms with Crippen molar-refractivity contribution in [2.45, 2.75) is 0 Å². The van der Waals surface area contributed by atoms with Gasteiger partial charge in [-0.25, -0.2) is 4.39 Å². The fraction of sp³-hybridized carbons (Fsp3) is 0.333. The number of hydrogen-bond acceptors (Lipinski definition) is 3. The van der Waals surface area contributed by atoms with E-state index in [4.69, 9.17) is 10.5 Å². The minimum absolute atomic E-state index is 0.166. The minimum Gasteiger partial charge on any atom is -0.363 e. The van der Waals surface area contributed by atoms with Crippen LogP contribution >= 0.6 is 0 Å². The molecule has 0 aromatic heterocycles. The van der Waals surface area contributed by atoms with Gasteiger partial charge in [0, 0.05) is 12.2 Å². The Morgan fingerprint density at radius 1 is 1.62 bits per heavy atom. The third-order valence-electron chi connectivity index (χ3n) is 1.35. The fourth-order valence-electron chi connectivity index (χ4n) is 0.533. The van der Waals surface area contributed by atoms with E-state index in [1.54, 1.807) is 6.08 Å². The Morgan fingerprint density at radius 2 is 2.31 bits per heavy atom. The smallest absolute Gasteiger partial charge is 0.116 e. The molecule has 0 unspecified atom stereocenters. The molecule has 0 aliphatic heterocycles. The maximum atomic E-state index is 11.9. The first-order valence-corrected chi connectivity index (χ1v) is 3.85. The quantitative estimate of drug-likeness (QED) is 0.355. The van der Waals surface area contributed by atoms with E-state index in [0.717, 1.165) is 0 Å². The zero-order valence-corrected chi connectivity index (χ0v) is 7.55. The van der Waals surface area contributed by atoms with Crippen LogP contribution in [0.1, 0.15) is 0 Å². The molecule has 0 bridgehead atoms. The highest BCUT2D eigenvalue weighted by Crippen LogP contribution is 1.93. The molecule has 74 valence electrons. The molecule has 0 spiro atoms. The van der Waals surface area contributed by atoms with Crippen molar-refractivity contribution in [2.24, 2.45) is 5.73 Å². The molecule has 0 heterocycles. The van der Waals surface area contributed by atoms with Gasteiger partial charge in [0.1, 0.15) is 6.73 Å². The Kier molecular flexibility index (Phi) is 6.86. The van der Waals surface area contributed by atoms with Gasteiger partial charge in [0.2, 0.25) is 0 Å². The normalized spacial score (nSPS) is 11.1. The summed E-state index contributed by atoms with van der Waals surface area (Å²) >= 11 is 0. The first-order valence-electron chi connectivity index (χ1n) is 3.85. The highest BCUT2D eigenvalue weighted by molar-refractivity contribution is 5.07. The zero-order chi connectivity index (χ0) is 10.1. The summed E-state index contributed by atoms with van der Waals surface area (Å²) in [5.74, 6) is 0. The van der Waals surface area contributed by atoms with Crippen molar-refractivity contribution < 1.29 is 9.13 Å². The Balaban J connectivity index is 3.45. The molecule has 4 heteroatoms. The molecular formula is C9H15FN2O. The van der Waals surface area contributed by atoms with E-state index in [9.17, 15) is 4.39 Å². The van der Waals surface area contributed by atoms with E-state index in [0.29, 0.717) is 17.6 Å². The predicted molar refractivity (Wildman–Crippen MR) is 51.5 cm³/mol. The molecular weight excluding hydrogens is 171 g/mol. The van der Waals surface area contributed by atoms with E-state index < -0.39 is 0 Å². The van der Waals surface area contributed by atoms with E-state index in [1.165, 1.54) is 0 Å². The lowest BCUT2D eigenvalue weighted by Gasteiger charge is -2.07. The van der Waals surface area contributed by atoms with Crippen LogP contribution in [0.3, 0.4) is 0 Å². The van der Waals surface area contributed by atoms with E-state index >= 15 is 0 Å². The Hall–Kier alpha value is -1.13. The number of halogens is 1. The van der Waals surface area contributed by atoms with Crippen molar-refractivity contribution in [1.82, 2.24) is 5.32 Å². The van der Waals surface area contributed by atoms with Crippen LogP contribution in [0, 0.1) is 0 Å². The van der Waals surface area contributed by atoms with Crippen LogP contribution in [0.5, 0.6) is 0 Å². The maximum Gasteiger partial charge on any atom is 0.116 e. The van der Waals surface area contributed by atoms with Crippen LogP contribution in [0.25, 0.3) is 0 Å². The zero-order valence-electron chi connectivity index (χ0n) is 7.55. The van der Waals surface area contributed by atoms with Crippen molar-refractivity contribution >= 4 is 0 Å². The number of nitrogens with one attached hydrogen (secondary N) is 1. The molecule has 0 fully saturated rings. The summed E-state index contributed by atoms with van der Waals surface area (Å²) in [5, 5.41) is 2.81. The van der Waals surface area contributed by atoms with E-state index in [-0.39, 0.29) is 19.9 Å². The summed E-state index contributed by atoms with van der Waals surface area (Å²) in [6.45, 7) is 7.72. The molecule has 13 heavy (non-hydrogen) atoms. The molecule has 0 radical (unpaired) electrons. The van der Waals surface area contributed by atoms with Gasteiger partial charge in [-0.1, -0.05) is 13.2 Å². The molecule has 0 saturated carbocycles. The topological polar surface area (TPSA) is 47.3 Å². The highest BCUT2D eigenvalue weighted by atomic mass is 19.1. The second-order valence-electron chi connectivity index (χ2n) is 2.37. The van der Waals surface area contributed by atoms with Gasteiger partial charge < -0.3 is 15.8 Å². The third-order valence-corrected chi connectivity index (χ3v) is 1.35. The van der Waals surface area contributed by atoms with Crippen LogP contribution in [0.2, 0.25) is 0 Å². The van der Waals surface area contributed by atoms with Crippen molar-refractivity contribution in [2.75, 3.05) is 19.9 Å². The number of nitrogens with two attached hydrogens (primary N) is 1. The van der Waals surface area contributed by atoms with E-state index in [2.05, 4.69) is 18.5 Å². The lowest BCUT2D eigenvalue weighted by Crippen LogP contribution is -2.18. The van der Waals surface area contributed by atoms with Gasteiger partial charge in [-0.2, -0.15) is 0 Å². The van der Waals surface area contributed by atoms with Crippen LogP contribution < -0.4 is 11.1 Å². The average Bonchev–Trinajstić information content (AvgIpc) is 2.18. The van der Waals surface area contributed by atoms with Crippen molar-refractivity contribution in [3.8, 4) is 0 Å². The van der Waals surface area contributed by atoms with Gasteiger partial charge in [-0.3, -0.25) is 0 Å². The number of rotatable bonds is 7. The predicted octanol–water partition coefficient (Wildman–Crippen LogP) is 1.06. The second-order valence-corrected chi connectivity index (χ2v) is 2.37. The standard InChI is InChI=1S/C9H15FN2O/c1-3-8(2)12-7-13-6-9(4-10)5-11/h3-4,12H,1-2,5-7,11H2/b9-4+. The van der Waals surface area contributed by atoms with Gasteiger partial charge in [-0.05, 0) is 11.6 Å². The molecule has 0 aromatic carbocycles. The Labute approximate surface area is 77.8 Å². The molecule has 0 atom stereocenters. The molecule has 0 saturated heterocycles. The summed E-state index contributed by atoms with van der Waals surface area (Å²) in [5.41, 5.74) is 6.30. The van der Waals surface area contributed by atoms with Crippen molar-refractivity contribution in [3.63, 3.8) is 0 Å². The molecule has 3 nitrogen and oxygen atoms in total. The first-order chi connectivity index (χ1) is 6.24. The third kappa shape index (κ3) is 6.07. The van der Waals surface area contributed by atoms with Crippen LogP contribution in [-0.2, 0) is 4.74 Å². The van der Waals surface area contributed by atoms with Gasteiger partial charge in [0.25, 0.3) is 0 Å². The van der Waals surface area contributed by atoms with Gasteiger partial charge in [0.05, 0.1) is 12.9 Å². The average molecular weight is 186 g/mol. The van der Waals surface area contributed by atoms with Crippen LogP contribution in [0.4, 0.5) is 4.39 Å². The Morgan fingerprint density at radius 3 is 2.77 bits per heavy atom. The van der Waals surface area contributed by atoms with Gasteiger partial charge in [0.15, 0.2) is 0 Å². The largest absolute Gasteiger partial charge is 0.363 e. The molecule has 0 aliphatic rings. The van der Waals surface area contributed by atoms with Crippen LogP contribution in [-0.4, -0.2) is 19.9 Å². The highest BCUT2D eigenvalue weighted by Gasteiger charge is 1.94. The van der Waals surface area contributed by atoms with E-state index in [1.807, 2.05) is 0 Å². The molecule has 3 N–H and O–H groups in total. The van der Waals surface area contributed by atoms with Crippen LogP contribution in [0.15, 0.2) is 36.8 Å². The summed E-state index contributed by atoms with van der Waals surface area (Å²) in [7, 11) is 0. The van der Waals surface area contributed by atoms with Gasteiger partial charge in [-0.15, -0.1) is 0 Å². The lowest BCUT2D eigenvalue weighted by atomic mass is 10.3. The van der Waals surface area contributed by atoms with Crippen molar-refractivity contribution in [1.29, 1.82) is 0 Å². The summed E-state index contributed by atoms with van der Waals surface area (Å²) < 4.78 is 17.0. The summed E-state index contributed by atoms with van der Waals surface area (Å²) in [6.07, 6.45) is 2.03. The Bertz CT molecular complexity index is 202. The van der Waals surface area contributed by atoms with Crippen molar-refractivity contribution in [3.05, 3.63) is 36.8 Å². The minimum atomic E-state index is 0.166. The fourth-order valence-corrected chi connectivity index (χ4v) is 0.533. The summed E-state index contributed by atoms with van der Waals surface area (Å²) in [4.78, 5) is 0. The molecule has 0 aliphatic carbocycles. The molecule has 0 aromatic rings. The SMILES string of the molecule is C=CC(=C)NCOC/C(=C/F)CN. The summed E-state index contributed by atoms with van der Waals surface area (Å²) in [6, 6.07) is 0. The monoisotopic (exact) mass is 186 g/mol. The molecule has 0 rings (SSSR count). The number of ether oxygens (including phenoxy) is 1. The number of hydrogen-bond donors (Lipinski definition) is 2. The lowest BCUT2D eigenvalue weighted by molar-refractivity contribution is 0.143. The maximum absolute atomic E-state index is 11.9. The molecule has 0 amide bonds. The second kappa shape index (κ2) is 7.52. The first kappa shape index (κ1) is 11.9.